The summed E-state index contributed by atoms with van der Waals surface area (Å²) in [5.41, 5.74) is 6.41. The third-order valence-electron chi connectivity index (χ3n) is 3.56. The van der Waals surface area contributed by atoms with Crippen LogP contribution in [-0.4, -0.2) is 31.8 Å². The van der Waals surface area contributed by atoms with Crippen LogP contribution in [0.2, 0.25) is 0 Å². The minimum Gasteiger partial charge on any atom is -0.497 e. The molecule has 1 saturated heterocycles. The van der Waals surface area contributed by atoms with E-state index in [0.29, 0.717) is 5.56 Å². The number of hydrogen-bond acceptors (Lipinski definition) is 5. The van der Waals surface area contributed by atoms with E-state index in [1.165, 1.54) is 5.70 Å². The monoisotopic (exact) mass is 256 g/mol. The van der Waals surface area contributed by atoms with Crippen molar-refractivity contribution in [3.63, 3.8) is 0 Å². The summed E-state index contributed by atoms with van der Waals surface area (Å²) in [6, 6.07) is 9.79. The molecule has 5 heteroatoms. The maximum Gasteiger partial charge on any atom is 0.141 e. The van der Waals surface area contributed by atoms with Crippen LogP contribution in [-0.2, 0) is 4.74 Å². The molecule has 1 fully saturated rings. The Kier molecular flexibility index (Phi) is 3.11. The van der Waals surface area contributed by atoms with Gasteiger partial charge in [-0.2, -0.15) is 5.26 Å². The molecule has 1 atom stereocenters. The molecule has 1 aromatic rings. The van der Waals surface area contributed by atoms with Gasteiger partial charge in [-0.3, -0.25) is 0 Å². The summed E-state index contributed by atoms with van der Waals surface area (Å²) in [4.78, 5) is 0. The summed E-state index contributed by atoms with van der Waals surface area (Å²) in [5.74, 6) is 0.955. The molecule has 2 N–H and O–H groups in total. The van der Waals surface area contributed by atoms with Gasteiger partial charge in [-0.25, -0.2) is 5.43 Å². The highest BCUT2D eigenvalue weighted by Gasteiger charge is 2.34. The van der Waals surface area contributed by atoms with Crippen molar-refractivity contribution in [2.75, 3.05) is 26.7 Å². The minimum absolute atomic E-state index is 0.0349. The van der Waals surface area contributed by atoms with Crippen LogP contribution in [0, 0.1) is 11.3 Å². The zero-order chi connectivity index (χ0) is 13.2. The van der Waals surface area contributed by atoms with E-state index in [9.17, 15) is 0 Å². The van der Waals surface area contributed by atoms with Gasteiger partial charge in [0.15, 0.2) is 0 Å². The van der Waals surface area contributed by atoms with E-state index in [1.807, 2.05) is 24.3 Å². The van der Waals surface area contributed by atoms with E-state index in [4.69, 9.17) is 10.00 Å². The zero-order valence-electron chi connectivity index (χ0n) is 10.8. The largest absolute Gasteiger partial charge is 0.497 e. The van der Waals surface area contributed by atoms with Gasteiger partial charge in [-0.15, -0.1) is 0 Å². The molecule has 0 spiro atoms. The Labute approximate surface area is 112 Å². The first-order valence-corrected chi connectivity index (χ1v) is 6.35. The fraction of sp³-hybridized carbons (Fsp3) is 0.357. The number of hydrogen-bond donors (Lipinski definition) is 2. The number of benzene rings is 1. The van der Waals surface area contributed by atoms with Crippen molar-refractivity contribution in [3.8, 4) is 6.07 Å². The summed E-state index contributed by atoms with van der Waals surface area (Å²) in [6.07, 6.45) is 0. The van der Waals surface area contributed by atoms with Crippen molar-refractivity contribution in [2.45, 2.75) is 6.04 Å². The Morgan fingerprint density at radius 1 is 1.37 bits per heavy atom. The van der Waals surface area contributed by atoms with E-state index in [0.717, 1.165) is 31.0 Å². The minimum atomic E-state index is 0.0349. The van der Waals surface area contributed by atoms with E-state index in [1.54, 1.807) is 7.11 Å². The number of rotatable bonds is 2. The molecular weight excluding hydrogens is 240 g/mol. The molecule has 2 aliphatic heterocycles. The number of ether oxygens (including phenoxy) is 1. The standard InChI is InChI=1S/C14H16N4O/c1-19-14-12-9-16-6-7-18(12)17-13(14)11-4-2-10(8-15)3-5-11/h2-5,13,16-17H,6-7,9H2,1H3. The summed E-state index contributed by atoms with van der Waals surface area (Å²) >= 11 is 0. The Hall–Kier alpha value is -2.03. The number of fused-ring (bicyclic) bond motifs is 1. The van der Waals surface area contributed by atoms with Gasteiger partial charge in [0, 0.05) is 19.6 Å². The number of nitrogens with one attached hydrogen (secondary N) is 2. The van der Waals surface area contributed by atoms with Crippen molar-refractivity contribution in [2.24, 2.45) is 0 Å². The second kappa shape index (κ2) is 4.92. The number of hydrazine groups is 1. The van der Waals surface area contributed by atoms with Crippen LogP contribution in [0.1, 0.15) is 17.2 Å². The first-order valence-electron chi connectivity index (χ1n) is 6.35. The number of nitriles is 1. The smallest absolute Gasteiger partial charge is 0.141 e. The molecule has 5 nitrogen and oxygen atoms in total. The van der Waals surface area contributed by atoms with Gasteiger partial charge in [0.2, 0.25) is 0 Å². The van der Waals surface area contributed by atoms with Gasteiger partial charge in [0.05, 0.1) is 24.4 Å². The van der Waals surface area contributed by atoms with Crippen LogP contribution in [0.25, 0.3) is 0 Å². The van der Waals surface area contributed by atoms with Crippen LogP contribution < -0.4 is 10.7 Å². The van der Waals surface area contributed by atoms with E-state index in [-0.39, 0.29) is 6.04 Å². The molecule has 1 aromatic carbocycles. The Balaban J connectivity index is 1.92. The maximum absolute atomic E-state index is 8.84. The summed E-state index contributed by atoms with van der Waals surface area (Å²) in [6.45, 7) is 2.71. The Morgan fingerprint density at radius 3 is 2.84 bits per heavy atom. The lowest BCUT2D eigenvalue weighted by Gasteiger charge is -2.27. The van der Waals surface area contributed by atoms with Gasteiger partial charge in [-0.05, 0) is 17.7 Å². The van der Waals surface area contributed by atoms with Crippen molar-refractivity contribution in [1.82, 2.24) is 15.8 Å². The highest BCUT2D eigenvalue weighted by atomic mass is 16.5. The number of methoxy groups -OCH3 is 1. The maximum atomic E-state index is 8.84. The molecule has 1 unspecified atom stereocenters. The molecule has 98 valence electrons. The molecule has 0 radical (unpaired) electrons. The predicted octanol–water partition coefficient (Wildman–Crippen LogP) is 0.881. The van der Waals surface area contributed by atoms with Gasteiger partial charge >= 0.3 is 0 Å². The highest BCUT2D eigenvalue weighted by molar-refractivity contribution is 5.37. The van der Waals surface area contributed by atoms with Gasteiger partial charge in [-0.1, -0.05) is 12.1 Å². The summed E-state index contributed by atoms with van der Waals surface area (Å²) < 4.78 is 5.57. The SMILES string of the molecule is COC1=C2CNCCN2NC1c1ccc(C#N)cc1. The number of nitrogens with zero attached hydrogens (tertiary/aromatic N) is 2. The highest BCUT2D eigenvalue weighted by Crippen LogP contribution is 2.32. The first kappa shape index (κ1) is 12.0. The molecule has 19 heavy (non-hydrogen) atoms. The number of piperazine rings is 1. The van der Waals surface area contributed by atoms with Crippen LogP contribution in [0.15, 0.2) is 35.7 Å². The Morgan fingerprint density at radius 2 is 2.16 bits per heavy atom. The normalized spacial score (nSPS) is 22.1. The van der Waals surface area contributed by atoms with E-state index < -0.39 is 0 Å². The lowest BCUT2D eigenvalue weighted by molar-refractivity contribution is 0.223. The molecule has 3 rings (SSSR count). The third kappa shape index (κ3) is 2.05. The van der Waals surface area contributed by atoms with Crippen molar-refractivity contribution < 1.29 is 4.74 Å². The van der Waals surface area contributed by atoms with Gasteiger partial charge in [0.25, 0.3) is 0 Å². The summed E-state index contributed by atoms with van der Waals surface area (Å²) in [7, 11) is 1.71. The summed E-state index contributed by atoms with van der Waals surface area (Å²) in [5, 5.41) is 14.3. The van der Waals surface area contributed by atoms with Crippen molar-refractivity contribution in [3.05, 3.63) is 46.8 Å². The second-order valence-electron chi connectivity index (χ2n) is 4.64. The average molecular weight is 256 g/mol. The third-order valence-corrected chi connectivity index (χ3v) is 3.56. The van der Waals surface area contributed by atoms with Crippen molar-refractivity contribution >= 4 is 0 Å². The topological polar surface area (TPSA) is 60.3 Å². The van der Waals surface area contributed by atoms with Gasteiger partial charge in [0.1, 0.15) is 11.8 Å². The fourth-order valence-electron chi connectivity index (χ4n) is 2.58. The zero-order valence-corrected chi connectivity index (χ0v) is 10.8. The van der Waals surface area contributed by atoms with Crippen LogP contribution >= 0.6 is 0 Å². The second-order valence-corrected chi connectivity index (χ2v) is 4.64. The quantitative estimate of drug-likeness (QED) is 0.822. The van der Waals surface area contributed by atoms with E-state index >= 15 is 0 Å². The molecule has 2 aliphatic rings. The van der Waals surface area contributed by atoms with E-state index in [2.05, 4.69) is 21.8 Å². The molecule has 0 aromatic heterocycles. The lowest BCUT2D eigenvalue weighted by atomic mass is 10.0. The molecule has 2 heterocycles. The fourth-order valence-corrected chi connectivity index (χ4v) is 2.58. The predicted molar refractivity (Wildman–Crippen MR) is 70.6 cm³/mol. The Bertz CT molecular complexity index is 544. The van der Waals surface area contributed by atoms with Crippen LogP contribution in [0.4, 0.5) is 0 Å². The van der Waals surface area contributed by atoms with Gasteiger partial charge < -0.3 is 15.1 Å². The van der Waals surface area contributed by atoms with Crippen LogP contribution in [0.3, 0.4) is 0 Å². The first-order chi connectivity index (χ1) is 9.33. The lowest BCUT2D eigenvalue weighted by Crippen LogP contribution is -2.45. The molecular formula is C14H16N4O. The molecule has 0 amide bonds. The van der Waals surface area contributed by atoms with Crippen molar-refractivity contribution in [1.29, 1.82) is 5.26 Å². The molecule has 0 saturated carbocycles. The average Bonchev–Trinajstić information content (AvgIpc) is 2.85. The molecule has 0 bridgehead atoms. The molecule has 0 aliphatic carbocycles. The van der Waals surface area contributed by atoms with Crippen LogP contribution in [0.5, 0.6) is 0 Å².